The molecule has 0 radical (unpaired) electrons. The van der Waals surface area contributed by atoms with Gasteiger partial charge < -0.3 is 15.0 Å². The second-order valence-corrected chi connectivity index (χ2v) is 5.10. The number of carbonyl (C=O) groups excluding carboxylic acids is 2. The molecule has 8 heteroatoms. The number of pyridine rings is 1. The zero-order chi connectivity index (χ0) is 16.1. The van der Waals surface area contributed by atoms with Gasteiger partial charge in [0.1, 0.15) is 18.8 Å². The van der Waals surface area contributed by atoms with Crippen molar-refractivity contribution in [2.45, 2.75) is 6.54 Å². The van der Waals surface area contributed by atoms with Crippen LogP contribution in [0.3, 0.4) is 0 Å². The summed E-state index contributed by atoms with van der Waals surface area (Å²) in [4.78, 5) is 33.5. The van der Waals surface area contributed by atoms with Crippen LogP contribution in [0, 0.1) is 0 Å². The molecule has 120 valence electrons. The van der Waals surface area contributed by atoms with Crippen molar-refractivity contribution in [1.82, 2.24) is 24.8 Å². The Bertz CT molecular complexity index is 686. The van der Waals surface area contributed by atoms with Crippen LogP contribution in [-0.2, 0) is 20.9 Å². The van der Waals surface area contributed by atoms with Crippen LogP contribution < -0.4 is 5.32 Å². The average Bonchev–Trinajstić information content (AvgIpc) is 3.10. The fourth-order valence-corrected chi connectivity index (χ4v) is 2.33. The first kappa shape index (κ1) is 15.2. The molecule has 1 saturated heterocycles. The van der Waals surface area contributed by atoms with Gasteiger partial charge in [-0.3, -0.25) is 14.2 Å². The van der Waals surface area contributed by atoms with Crippen molar-refractivity contribution >= 4 is 11.8 Å². The van der Waals surface area contributed by atoms with Gasteiger partial charge >= 0.3 is 0 Å². The van der Waals surface area contributed by atoms with E-state index in [4.69, 9.17) is 4.74 Å². The summed E-state index contributed by atoms with van der Waals surface area (Å²) in [6.07, 6.45) is 6.80. The topological polar surface area (TPSA) is 89.4 Å². The van der Waals surface area contributed by atoms with Crippen LogP contribution in [0.1, 0.15) is 5.56 Å². The predicted molar refractivity (Wildman–Crippen MR) is 80.6 cm³/mol. The lowest BCUT2D eigenvalue weighted by atomic mass is 10.2. The van der Waals surface area contributed by atoms with Gasteiger partial charge in [0, 0.05) is 37.2 Å². The summed E-state index contributed by atoms with van der Waals surface area (Å²) >= 11 is 0. The van der Waals surface area contributed by atoms with E-state index in [0.717, 1.165) is 5.56 Å². The van der Waals surface area contributed by atoms with Gasteiger partial charge in [0.15, 0.2) is 0 Å². The minimum atomic E-state index is -0.208. The highest BCUT2D eigenvalue weighted by molar-refractivity contribution is 5.85. The number of nitrogens with zero attached hydrogens (tertiary/aromatic N) is 4. The van der Waals surface area contributed by atoms with E-state index in [0.29, 0.717) is 25.5 Å². The number of aromatic nitrogens is 3. The monoisotopic (exact) mass is 315 g/mol. The molecule has 0 unspecified atom stereocenters. The highest BCUT2D eigenvalue weighted by Crippen LogP contribution is 2.10. The summed E-state index contributed by atoms with van der Waals surface area (Å²) in [5, 5.41) is 2.82. The van der Waals surface area contributed by atoms with Crippen molar-refractivity contribution in [1.29, 1.82) is 0 Å². The number of nitrogens with one attached hydrogen (secondary N) is 1. The molecule has 2 aromatic rings. The summed E-state index contributed by atoms with van der Waals surface area (Å²) < 4.78 is 6.82. The Morgan fingerprint density at radius 2 is 2.30 bits per heavy atom. The largest absolute Gasteiger partial charge is 0.370 e. The minimum absolute atomic E-state index is 0.0423. The van der Waals surface area contributed by atoms with Gasteiger partial charge in [0.05, 0.1) is 13.2 Å². The van der Waals surface area contributed by atoms with Crippen molar-refractivity contribution in [3.63, 3.8) is 0 Å². The quantitative estimate of drug-likeness (QED) is 0.821. The molecule has 1 fully saturated rings. The number of ether oxygens (including phenoxy) is 1. The minimum Gasteiger partial charge on any atom is -0.370 e. The van der Waals surface area contributed by atoms with Crippen molar-refractivity contribution in [2.75, 3.05) is 26.3 Å². The first-order chi connectivity index (χ1) is 11.2. The summed E-state index contributed by atoms with van der Waals surface area (Å²) in [6, 6.07) is 3.70. The molecule has 3 heterocycles. The molecule has 0 saturated carbocycles. The molecule has 0 bridgehead atoms. The highest BCUT2D eigenvalue weighted by atomic mass is 16.5. The predicted octanol–water partition coefficient (Wildman–Crippen LogP) is -0.258. The Balaban J connectivity index is 1.60. The van der Waals surface area contributed by atoms with E-state index in [1.165, 1.54) is 4.90 Å². The third-order valence-electron chi connectivity index (χ3n) is 3.51. The van der Waals surface area contributed by atoms with Gasteiger partial charge in [-0.15, -0.1) is 0 Å². The molecular formula is C15H17N5O3. The maximum atomic E-state index is 12.0. The van der Waals surface area contributed by atoms with E-state index in [2.05, 4.69) is 15.3 Å². The Morgan fingerprint density at radius 3 is 3.09 bits per heavy atom. The van der Waals surface area contributed by atoms with Crippen LogP contribution in [0.15, 0.2) is 37.1 Å². The normalized spacial score (nSPS) is 14.8. The molecule has 23 heavy (non-hydrogen) atoms. The van der Waals surface area contributed by atoms with E-state index >= 15 is 0 Å². The van der Waals surface area contributed by atoms with Gasteiger partial charge in [-0.2, -0.15) is 0 Å². The van der Waals surface area contributed by atoms with Crippen molar-refractivity contribution in [2.24, 2.45) is 0 Å². The second-order valence-electron chi connectivity index (χ2n) is 5.10. The van der Waals surface area contributed by atoms with E-state index in [1.54, 1.807) is 29.5 Å². The van der Waals surface area contributed by atoms with Crippen molar-refractivity contribution in [3.8, 4) is 5.82 Å². The Labute approximate surface area is 133 Å². The Morgan fingerprint density at radius 1 is 1.39 bits per heavy atom. The average molecular weight is 315 g/mol. The van der Waals surface area contributed by atoms with Crippen LogP contribution >= 0.6 is 0 Å². The molecule has 1 aliphatic heterocycles. The molecule has 2 aromatic heterocycles. The van der Waals surface area contributed by atoms with Crippen LogP contribution in [0.2, 0.25) is 0 Å². The van der Waals surface area contributed by atoms with Crippen LogP contribution in [0.25, 0.3) is 5.82 Å². The maximum Gasteiger partial charge on any atom is 0.249 e. The Kier molecular flexibility index (Phi) is 4.62. The number of hydrogen-bond donors (Lipinski definition) is 1. The van der Waals surface area contributed by atoms with Crippen molar-refractivity contribution in [3.05, 3.63) is 42.6 Å². The number of rotatable bonds is 5. The zero-order valence-electron chi connectivity index (χ0n) is 12.5. The van der Waals surface area contributed by atoms with Gasteiger partial charge in [0.2, 0.25) is 11.8 Å². The van der Waals surface area contributed by atoms with Gasteiger partial charge in [0.25, 0.3) is 0 Å². The van der Waals surface area contributed by atoms with Crippen molar-refractivity contribution < 1.29 is 14.3 Å². The third kappa shape index (κ3) is 3.72. The summed E-state index contributed by atoms with van der Waals surface area (Å²) in [5.74, 6) is 0.348. The van der Waals surface area contributed by atoms with E-state index < -0.39 is 0 Å². The zero-order valence-corrected chi connectivity index (χ0v) is 12.5. The molecule has 1 aliphatic rings. The molecule has 3 rings (SSSR count). The van der Waals surface area contributed by atoms with Crippen LogP contribution in [-0.4, -0.2) is 57.6 Å². The number of amides is 2. The lowest BCUT2D eigenvalue weighted by Crippen LogP contribution is -2.46. The van der Waals surface area contributed by atoms with Gasteiger partial charge in [-0.25, -0.2) is 9.97 Å². The molecule has 2 amide bonds. The molecule has 0 spiro atoms. The van der Waals surface area contributed by atoms with Gasteiger partial charge in [-0.1, -0.05) is 6.07 Å². The highest BCUT2D eigenvalue weighted by Gasteiger charge is 2.20. The number of imidazole rings is 1. The maximum absolute atomic E-state index is 12.0. The van der Waals surface area contributed by atoms with Gasteiger partial charge in [-0.05, 0) is 6.07 Å². The molecule has 0 atom stereocenters. The number of hydrogen-bond acceptors (Lipinski definition) is 5. The fourth-order valence-electron chi connectivity index (χ4n) is 2.33. The third-order valence-corrected chi connectivity index (χ3v) is 3.51. The lowest BCUT2D eigenvalue weighted by Gasteiger charge is -2.26. The summed E-state index contributed by atoms with van der Waals surface area (Å²) in [7, 11) is 0. The summed E-state index contributed by atoms with van der Waals surface area (Å²) in [6.45, 7) is 1.33. The Hall–Kier alpha value is -2.74. The molecule has 1 N–H and O–H groups in total. The van der Waals surface area contributed by atoms with E-state index in [-0.39, 0.29) is 25.0 Å². The van der Waals surface area contributed by atoms with Crippen LogP contribution in [0.4, 0.5) is 0 Å². The van der Waals surface area contributed by atoms with E-state index in [1.807, 2.05) is 12.1 Å². The molecule has 0 aliphatic carbocycles. The molecule has 8 nitrogen and oxygen atoms in total. The number of carbonyl (C=O) groups is 2. The van der Waals surface area contributed by atoms with Crippen LogP contribution in [0.5, 0.6) is 0 Å². The first-order valence-electron chi connectivity index (χ1n) is 7.28. The summed E-state index contributed by atoms with van der Waals surface area (Å²) in [5.41, 5.74) is 0.868. The SMILES string of the molecule is O=C(CN1CCOCC1=O)NCc1cccnc1-n1ccnc1. The standard InChI is InChI=1S/C15H17N5O3/c21-13(9-19-6-7-23-10-14(19)22)18-8-12-2-1-3-17-15(12)20-5-4-16-11-20/h1-5,11H,6-10H2,(H,18,21). The first-order valence-corrected chi connectivity index (χ1v) is 7.28. The fraction of sp³-hybridized carbons (Fsp3) is 0.333. The molecular weight excluding hydrogens is 298 g/mol. The lowest BCUT2D eigenvalue weighted by molar-refractivity contribution is -0.145. The second kappa shape index (κ2) is 7.01. The smallest absolute Gasteiger partial charge is 0.249 e. The molecule has 0 aromatic carbocycles. The number of morpholine rings is 1. The van der Waals surface area contributed by atoms with E-state index in [9.17, 15) is 9.59 Å².